The van der Waals surface area contributed by atoms with Crippen molar-refractivity contribution in [3.05, 3.63) is 48.5 Å². The highest BCUT2D eigenvalue weighted by molar-refractivity contribution is 7.93. The van der Waals surface area contributed by atoms with Gasteiger partial charge in [-0.1, -0.05) is 6.07 Å². The van der Waals surface area contributed by atoms with E-state index < -0.39 is 14.6 Å². The van der Waals surface area contributed by atoms with Crippen LogP contribution in [0, 0.1) is 5.92 Å². The summed E-state index contributed by atoms with van der Waals surface area (Å²) in [7, 11) is -3.11. The van der Waals surface area contributed by atoms with Gasteiger partial charge in [0.2, 0.25) is 0 Å². The first-order chi connectivity index (χ1) is 12.1. The van der Waals surface area contributed by atoms with Gasteiger partial charge in [0.1, 0.15) is 4.75 Å². The van der Waals surface area contributed by atoms with E-state index >= 15 is 0 Å². The van der Waals surface area contributed by atoms with Crippen LogP contribution in [0.25, 0.3) is 0 Å². The van der Waals surface area contributed by atoms with Crippen LogP contribution in [0.2, 0.25) is 0 Å². The molecule has 2 aromatic heterocycles. The minimum absolute atomic E-state index is 0.0218. The molecule has 0 amide bonds. The summed E-state index contributed by atoms with van der Waals surface area (Å²) in [4.78, 5) is 14.3. The number of hydrogen-bond acceptors (Lipinski definition) is 7. The molecule has 4 heterocycles. The molecule has 0 saturated carbocycles. The normalized spacial score (nSPS) is 24.1. The fraction of sp³-hybridized carbons (Fsp3) is 0.471. The van der Waals surface area contributed by atoms with Crippen molar-refractivity contribution in [3.8, 4) is 6.01 Å². The minimum Gasteiger partial charge on any atom is -0.463 e. The van der Waals surface area contributed by atoms with Crippen LogP contribution in [0.4, 0.5) is 0 Å². The van der Waals surface area contributed by atoms with Crippen LogP contribution in [0.1, 0.15) is 12.0 Å². The standard InChI is InChI=1S/C17H20N4O3S/c22-25(23)8-4-15(11-24-16-19-6-2-7-20-16)17(25)12-21(13-17)10-14-3-1-5-18-9-14/h1-3,5-7,9,15H,4,8,10-13H2. The van der Waals surface area contributed by atoms with Crippen molar-refractivity contribution in [1.82, 2.24) is 19.9 Å². The van der Waals surface area contributed by atoms with Crippen molar-refractivity contribution >= 4 is 9.84 Å². The summed E-state index contributed by atoms with van der Waals surface area (Å²) in [5, 5.41) is 0. The van der Waals surface area contributed by atoms with Gasteiger partial charge in [-0.2, -0.15) is 0 Å². The summed E-state index contributed by atoms with van der Waals surface area (Å²) in [6, 6.07) is 5.92. The quantitative estimate of drug-likeness (QED) is 0.784. The summed E-state index contributed by atoms with van der Waals surface area (Å²) >= 11 is 0. The monoisotopic (exact) mass is 360 g/mol. The molecule has 8 heteroatoms. The number of rotatable bonds is 5. The number of likely N-dealkylation sites (tertiary alicyclic amines) is 1. The molecule has 0 aromatic carbocycles. The Kier molecular flexibility index (Phi) is 4.16. The molecular weight excluding hydrogens is 340 g/mol. The maximum Gasteiger partial charge on any atom is 0.316 e. The highest BCUT2D eigenvalue weighted by Gasteiger charge is 2.61. The molecule has 2 aromatic rings. The van der Waals surface area contributed by atoms with Gasteiger partial charge in [-0.05, 0) is 24.1 Å². The van der Waals surface area contributed by atoms with Crippen LogP contribution >= 0.6 is 0 Å². The van der Waals surface area contributed by atoms with Crippen molar-refractivity contribution in [1.29, 1.82) is 0 Å². The first-order valence-corrected chi connectivity index (χ1v) is 9.98. The van der Waals surface area contributed by atoms with E-state index in [9.17, 15) is 8.42 Å². The third kappa shape index (κ3) is 3.00. The number of nitrogens with zero attached hydrogens (tertiary/aromatic N) is 4. The molecule has 1 spiro atoms. The van der Waals surface area contributed by atoms with E-state index in [0.717, 1.165) is 12.1 Å². The van der Waals surface area contributed by atoms with Crippen LogP contribution in [-0.4, -0.2) is 58.5 Å². The lowest BCUT2D eigenvalue weighted by Gasteiger charge is -2.49. The van der Waals surface area contributed by atoms with Gasteiger partial charge >= 0.3 is 6.01 Å². The predicted molar refractivity (Wildman–Crippen MR) is 91.7 cm³/mol. The molecule has 1 unspecified atom stereocenters. The maximum atomic E-state index is 12.7. The lowest BCUT2D eigenvalue weighted by molar-refractivity contribution is 0.0571. The fourth-order valence-electron chi connectivity index (χ4n) is 3.82. The smallest absolute Gasteiger partial charge is 0.316 e. The Hall–Kier alpha value is -2.06. The summed E-state index contributed by atoms with van der Waals surface area (Å²) in [5.41, 5.74) is 1.10. The van der Waals surface area contributed by atoms with E-state index in [2.05, 4.69) is 19.9 Å². The molecule has 0 N–H and O–H groups in total. The van der Waals surface area contributed by atoms with Gasteiger partial charge in [0, 0.05) is 50.3 Å². The molecule has 2 fully saturated rings. The molecule has 0 radical (unpaired) electrons. The van der Waals surface area contributed by atoms with Gasteiger partial charge in [-0.25, -0.2) is 18.4 Å². The molecule has 0 aliphatic carbocycles. The second-order valence-electron chi connectivity index (χ2n) is 6.72. The number of hydrogen-bond donors (Lipinski definition) is 0. The SMILES string of the molecule is O=S1(=O)CCC(COc2ncccn2)C12CN(Cc1cccnc1)C2. The first-order valence-electron chi connectivity index (χ1n) is 8.32. The second kappa shape index (κ2) is 6.34. The Balaban J connectivity index is 1.43. The van der Waals surface area contributed by atoms with E-state index in [4.69, 9.17) is 4.74 Å². The lowest BCUT2D eigenvalue weighted by Crippen LogP contribution is -2.67. The summed E-state index contributed by atoms with van der Waals surface area (Å²) < 4.78 is 30.3. The maximum absolute atomic E-state index is 12.7. The molecule has 7 nitrogen and oxygen atoms in total. The molecule has 2 aliphatic heterocycles. The molecule has 1 atom stereocenters. The van der Waals surface area contributed by atoms with Crippen molar-refractivity contribution < 1.29 is 13.2 Å². The van der Waals surface area contributed by atoms with Crippen molar-refractivity contribution in [2.45, 2.75) is 17.7 Å². The molecule has 2 aliphatic rings. The van der Waals surface area contributed by atoms with E-state index in [1.54, 1.807) is 24.7 Å². The van der Waals surface area contributed by atoms with Gasteiger partial charge in [0.15, 0.2) is 9.84 Å². The van der Waals surface area contributed by atoms with Gasteiger partial charge < -0.3 is 4.74 Å². The van der Waals surface area contributed by atoms with E-state index in [-0.39, 0.29) is 11.7 Å². The van der Waals surface area contributed by atoms with Crippen LogP contribution < -0.4 is 4.74 Å². The second-order valence-corrected chi connectivity index (χ2v) is 9.17. The summed E-state index contributed by atoms with van der Waals surface area (Å²) in [6.45, 7) is 2.16. The highest BCUT2D eigenvalue weighted by Crippen LogP contribution is 2.45. The largest absolute Gasteiger partial charge is 0.463 e. The Morgan fingerprint density at radius 1 is 1.20 bits per heavy atom. The molecule has 4 rings (SSSR count). The minimum atomic E-state index is -3.11. The summed E-state index contributed by atoms with van der Waals surface area (Å²) in [6.07, 6.45) is 7.42. The fourth-order valence-corrected chi connectivity index (χ4v) is 6.27. The van der Waals surface area contributed by atoms with Crippen LogP contribution in [0.5, 0.6) is 6.01 Å². The Morgan fingerprint density at radius 3 is 2.72 bits per heavy atom. The van der Waals surface area contributed by atoms with Crippen molar-refractivity contribution in [2.24, 2.45) is 5.92 Å². The van der Waals surface area contributed by atoms with Crippen LogP contribution in [0.15, 0.2) is 43.0 Å². The van der Waals surface area contributed by atoms with Gasteiger partial charge in [-0.15, -0.1) is 0 Å². The number of pyridine rings is 1. The number of sulfone groups is 1. The molecular formula is C17H20N4O3S. The average molecular weight is 360 g/mol. The third-order valence-electron chi connectivity index (χ3n) is 5.17. The zero-order valence-corrected chi connectivity index (χ0v) is 14.6. The van der Waals surface area contributed by atoms with Gasteiger partial charge in [-0.3, -0.25) is 9.88 Å². The Bertz CT molecular complexity index is 823. The summed E-state index contributed by atoms with van der Waals surface area (Å²) in [5.74, 6) is 0.212. The average Bonchev–Trinajstić information content (AvgIpc) is 2.86. The molecule has 132 valence electrons. The number of ether oxygens (including phenoxy) is 1. The van der Waals surface area contributed by atoms with E-state index in [1.165, 1.54) is 0 Å². The Labute approximate surface area is 147 Å². The van der Waals surface area contributed by atoms with Crippen molar-refractivity contribution in [2.75, 3.05) is 25.4 Å². The van der Waals surface area contributed by atoms with E-state index in [1.807, 2.05) is 18.3 Å². The zero-order valence-electron chi connectivity index (χ0n) is 13.8. The van der Waals surface area contributed by atoms with Crippen molar-refractivity contribution in [3.63, 3.8) is 0 Å². The third-order valence-corrected chi connectivity index (χ3v) is 7.77. The lowest BCUT2D eigenvalue weighted by atomic mass is 9.83. The van der Waals surface area contributed by atoms with E-state index in [0.29, 0.717) is 32.1 Å². The number of aromatic nitrogens is 3. The molecule has 25 heavy (non-hydrogen) atoms. The molecule has 0 bridgehead atoms. The predicted octanol–water partition coefficient (Wildman–Crippen LogP) is 0.940. The Morgan fingerprint density at radius 2 is 2.00 bits per heavy atom. The van der Waals surface area contributed by atoms with Crippen LogP contribution in [-0.2, 0) is 16.4 Å². The highest BCUT2D eigenvalue weighted by atomic mass is 32.2. The van der Waals surface area contributed by atoms with Gasteiger partial charge in [0.05, 0.1) is 12.4 Å². The van der Waals surface area contributed by atoms with Crippen LogP contribution in [0.3, 0.4) is 0 Å². The van der Waals surface area contributed by atoms with Gasteiger partial charge in [0.25, 0.3) is 0 Å². The zero-order chi connectivity index (χ0) is 17.3. The topological polar surface area (TPSA) is 85.3 Å². The first kappa shape index (κ1) is 16.4. The molecule has 2 saturated heterocycles.